The zero-order valence-corrected chi connectivity index (χ0v) is 19.9. The van der Waals surface area contributed by atoms with Gasteiger partial charge in [-0.25, -0.2) is 12.7 Å². The Labute approximate surface area is 196 Å². The van der Waals surface area contributed by atoms with Crippen LogP contribution in [0.5, 0.6) is 0 Å². The van der Waals surface area contributed by atoms with Crippen molar-refractivity contribution in [1.29, 1.82) is 0 Å². The highest BCUT2D eigenvalue weighted by atomic mass is 32.2. The number of anilines is 1. The molecule has 1 fully saturated rings. The van der Waals surface area contributed by atoms with Crippen molar-refractivity contribution >= 4 is 27.5 Å². The lowest BCUT2D eigenvalue weighted by Gasteiger charge is -2.31. The minimum Gasteiger partial charge on any atom is -0.352 e. The summed E-state index contributed by atoms with van der Waals surface area (Å²) in [5, 5.41) is 5.68. The Morgan fingerprint density at radius 2 is 1.79 bits per heavy atom. The zero-order valence-electron chi connectivity index (χ0n) is 19.1. The van der Waals surface area contributed by atoms with Crippen LogP contribution in [0.1, 0.15) is 48.5 Å². The van der Waals surface area contributed by atoms with E-state index in [0.717, 1.165) is 12.0 Å². The molecule has 178 valence electrons. The van der Waals surface area contributed by atoms with E-state index < -0.39 is 15.9 Å². The van der Waals surface area contributed by atoms with E-state index in [1.54, 1.807) is 24.3 Å². The number of benzene rings is 2. The predicted molar refractivity (Wildman–Crippen MR) is 131 cm³/mol. The fourth-order valence-corrected chi connectivity index (χ4v) is 5.58. The Balaban J connectivity index is 1.58. The van der Waals surface area contributed by atoms with Crippen LogP contribution < -0.4 is 10.6 Å². The Morgan fingerprint density at radius 1 is 1.06 bits per heavy atom. The Kier molecular flexibility index (Phi) is 9.03. The second-order valence-corrected chi connectivity index (χ2v) is 10.5. The van der Waals surface area contributed by atoms with E-state index in [2.05, 4.69) is 10.6 Å². The highest BCUT2D eigenvalue weighted by molar-refractivity contribution is 7.89. The predicted octanol–water partition coefficient (Wildman–Crippen LogP) is 3.44. The molecule has 2 amide bonds. The molecule has 0 spiro atoms. The van der Waals surface area contributed by atoms with Crippen molar-refractivity contribution in [3.05, 3.63) is 65.7 Å². The quantitative estimate of drug-likeness (QED) is 0.555. The number of hydrogen-bond acceptors (Lipinski definition) is 4. The highest BCUT2D eigenvalue weighted by Gasteiger charge is 2.32. The van der Waals surface area contributed by atoms with Crippen LogP contribution >= 0.6 is 0 Å². The van der Waals surface area contributed by atoms with Crippen LogP contribution in [0.2, 0.25) is 0 Å². The van der Waals surface area contributed by atoms with Crippen LogP contribution in [-0.4, -0.2) is 49.9 Å². The van der Waals surface area contributed by atoms with Crippen molar-refractivity contribution in [2.45, 2.75) is 39.0 Å². The lowest BCUT2D eigenvalue weighted by molar-refractivity contribution is -0.120. The Morgan fingerprint density at radius 3 is 2.55 bits per heavy atom. The number of rotatable bonds is 10. The molecule has 0 aromatic heterocycles. The molecular formula is C25H33N3O4S. The first-order chi connectivity index (χ1) is 15.9. The van der Waals surface area contributed by atoms with Crippen molar-refractivity contribution in [3.8, 4) is 0 Å². The van der Waals surface area contributed by atoms with E-state index in [0.29, 0.717) is 50.0 Å². The number of amides is 2. The number of sulfonamides is 1. The molecule has 0 aliphatic carbocycles. The molecule has 2 N–H and O–H groups in total. The molecule has 33 heavy (non-hydrogen) atoms. The molecule has 0 radical (unpaired) electrons. The van der Waals surface area contributed by atoms with Crippen LogP contribution in [0.3, 0.4) is 0 Å². The third-order valence-electron chi connectivity index (χ3n) is 5.82. The molecule has 8 heteroatoms. The van der Waals surface area contributed by atoms with Gasteiger partial charge in [0.1, 0.15) is 0 Å². The molecule has 0 bridgehead atoms. The number of piperidine rings is 1. The number of carbonyl (C=O) groups excluding carboxylic acids is 2. The van der Waals surface area contributed by atoms with E-state index >= 15 is 0 Å². The molecule has 1 atom stereocenters. The van der Waals surface area contributed by atoms with Gasteiger partial charge >= 0.3 is 0 Å². The molecule has 7 nitrogen and oxygen atoms in total. The van der Waals surface area contributed by atoms with E-state index in [4.69, 9.17) is 0 Å². The monoisotopic (exact) mass is 471 g/mol. The van der Waals surface area contributed by atoms with Gasteiger partial charge in [-0.1, -0.05) is 49.4 Å². The summed E-state index contributed by atoms with van der Waals surface area (Å²) >= 11 is 0. The lowest BCUT2D eigenvalue weighted by atomic mass is 9.98. The summed E-state index contributed by atoms with van der Waals surface area (Å²) in [6, 6.07) is 16.7. The molecule has 2 aromatic carbocycles. The molecule has 1 aliphatic heterocycles. The largest absolute Gasteiger partial charge is 0.352 e. The minimum atomic E-state index is -3.44. The maximum absolute atomic E-state index is 13.0. The van der Waals surface area contributed by atoms with Gasteiger partial charge in [-0.05, 0) is 49.8 Å². The van der Waals surface area contributed by atoms with E-state index in [1.807, 2.05) is 37.3 Å². The Bertz CT molecular complexity index is 1040. The summed E-state index contributed by atoms with van der Waals surface area (Å²) in [4.78, 5) is 25.4. The molecule has 1 aliphatic rings. The molecule has 1 heterocycles. The van der Waals surface area contributed by atoms with Crippen LogP contribution in [0.15, 0.2) is 54.6 Å². The number of nitrogens with zero attached hydrogens (tertiary/aromatic N) is 1. The molecule has 3 rings (SSSR count). The average Bonchev–Trinajstić information content (AvgIpc) is 2.83. The number of para-hydroxylation sites is 1. The fraction of sp³-hybridized carbons (Fsp3) is 0.440. The summed E-state index contributed by atoms with van der Waals surface area (Å²) in [7, 11) is -3.44. The van der Waals surface area contributed by atoms with Gasteiger partial charge in [-0.15, -0.1) is 0 Å². The average molecular weight is 472 g/mol. The van der Waals surface area contributed by atoms with Gasteiger partial charge in [0, 0.05) is 19.6 Å². The van der Waals surface area contributed by atoms with Gasteiger partial charge in [-0.2, -0.15) is 0 Å². The molecular weight excluding hydrogens is 438 g/mol. The summed E-state index contributed by atoms with van der Waals surface area (Å²) in [6.45, 7) is 3.14. The first kappa shape index (κ1) is 24.9. The number of hydrogen-bond donors (Lipinski definition) is 2. The van der Waals surface area contributed by atoms with Crippen LogP contribution in [0.25, 0.3) is 0 Å². The molecule has 1 saturated heterocycles. The zero-order chi connectivity index (χ0) is 23.7. The van der Waals surface area contributed by atoms with Gasteiger partial charge in [0.15, 0.2) is 0 Å². The summed E-state index contributed by atoms with van der Waals surface area (Å²) in [5.41, 5.74) is 1.96. The van der Waals surface area contributed by atoms with Crippen molar-refractivity contribution in [1.82, 2.24) is 9.62 Å². The third kappa shape index (κ3) is 7.14. The minimum absolute atomic E-state index is 0.0661. The van der Waals surface area contributed by atoms with Gasteiger partial charge in [0.25, 0.3) is 5.91 Å². The highest BCUT2D eigenvalue weighted by Crippen LogP contribution is 2.23. The van der Waals surface area contributed by atoms with Crippen molar-refractivity contribution in [2.75, 3.05) is 30.7 Å². The van der Waals surface area contributed by atoms with E-state index in [1.165, 1.54) is 4.31 Å². The first-order valence-electron chi connectivity index (χ1n) is 11.6. The van der Waals surface area contributed by atoms with Crippen LogP contribution in [0, 0.1) is 5.92 Å². The van der Waals surface area contributed by atoms with E-state index in [9.17, 15) is 18.0 Å². The molecule has 0 saturated carbocycles. The van der Waals surface area contributed by atoms with Crippen LogP contribution in [-0.2, 0) is 21.2 Å². The number of nitrogens with one attached hydrogen (secondary N) is 2. The first-order valence-corrected chi connectivity index (χ1v) is 13.2. The smallest absolute Gasteiger partial charge is 0.253 e. The van der Waals surface area contributed by atoms with Crippen LogP contribution in [0.4, 0.5) is 5.69 Å². The maximum Gasteiger partial charge on any atom is 0.253 e. The standard InChI is InChI=1S/C25H33N3O4S/c1-2-16-26-25(30)22-14-6-7-15-23(22)27-24(29)21-13-8-17-28(19-21)33(31,32)18-9-12-20-10-4-3-5-11-20/h3-7,10-11,14-15,21H,2,8-9,12-13,16-19H2,1H3,(H,26,30)(H,27,29). The number of aryl methyl sites for hydroxylation is 1. The number of carbonyl (C=O) groups is 2. The summed E-state index contributed by atoms with van der Waals surface area (Å²) < 4.78 is 27.2. The van der Waals surface area contributed by atoms with Gasteiger partial charge < -0.3 is 10.6 Å². The molecule has 1 unspecified atom stereocenters. The lowest BCUT2D eigenvalue weighted by Crippen LogP contribution is -2.44. The third-order valence-corrected chi connectivity index (χ3v) is 7.75. The Hall–Kier alpha value is -2.71. The maximum atomic E-state index is 13.0. The van der Waals surface area contributed by atoms with Crippen molar-refractivity contribution < 1.29 is 18.0 Å². The second-order valence-electron chi connectivity index (χ2n) is 8.39. The summed E-state index contributed by atoms with van der Waals surface area (Å²) in [5.74, 6) is -0.875. The van der Waals surface area contributed by atoms with E-state index in [-0.39, 0.29) is 24.1 Å². The topological polar surface area (TPSA) is 95.6 Å². The van der Waals surface area contributed by atoms with Gasteiger partial charge in [0.2, 0.25) is 15.9 Å². The SMILES string of the molecule is CCCNC(=O)c1ccccc1NC(=O)C1CCCN(S(=O)(=O)CCCc2ccccc2)C1. The summed E-state index contributed by atoms with van der Waals surface area (Å²) in [6.07, 6.45) is 3.31. The van der Waals surface area contributed by atoms with Crippen molar-refractivity contribution in [2.24, 2.45) is 5.92 Å². The molecule has 2 aromatic rings. The van der Waals surface area contributed by atoms with Gasteiger partial charge in [0.05, 0.1) is 22.9 Å². The van der Waals surface area contributed by atoms with Crippen molar-refractivity contribution in [3.63, 3.8) is 0 Å². The fourth-order valence-electron chi connectivity index (χ4n) is 4.00. The van der Waals surface area contributed by atoms with Gasteiger partial charge in [-0.3, -0.25) is 9.59 Å². The normalized spacial score (nSPS) is 16.8. The second kappa shape index (κ2) is 12.0.